The quantitative estimate of drug-likeness (QED) is 0.506. The molecule has 5 heteroatoms. The maximum absolute atomic E-state index is 13.2. The van der Waals surface area contributed by atoms with Gasteiger partial charge in [-0.2, -0.15) is 0 Å². The normalized spacial score (nSPS) is 10.8. The number of aryl methyl sites for hydroxylation is 1. The number of carboxylic acid groups (broad SMARTS) is 1. The van der Waals surface area contributed by atoms with Crippen LogP contribution in [0.2, 0.25) is 0 Å². The molecule has 144 valence electrons. The summed E-state index contributed by atoms with van der Waals surface area (Å²) in [6.07, 6.45) is 0.306. The molecule has 0 unspecified atom stereocenters. The molecule has 0 saturated heterocycles. The summed E-state index contributed by atoms with van der Waals surface area (Å²) in [5, 5.41) is 10.9. The van der Waals surface area contributed by atoms with Crippen molar-refractivity contribution in [1.82, 2.24) is 4.68 Å². The second kappa shape index (κ2) is 8.02. The Kier molecular flexibility index (Phi) is 5.12. The fourth-order valence-corrected chi connectivity index (χ4v) is 3.46. The summed E-state index contributed by atoms with van der Waals surface area (Å²) < 4.78 is 1.70. The van der Waals surface area contributed by atoms with Crippen LogP contribution >= 0.6 is 0 Å². The Labute approximate surface area is 168 Å². The van der Waals surface area contributed by atoms with Gasteiger partial charge in [0.1, 0.15) is 0 Å². The van der Waals surface area contributed by atoms with Gasteiger partial charge in [-0.05, 0) is 29.0 Å². The summed E-state index contributed by atoms with van der Waals surface area (Å²) in [5.41, 5.74) is 6.02. The molecule has 0 saturated carbocycles. The number of rotatable bonds is 6. The Bertz CT molecular complexity index is 1170. The zero-order valence-corrected chi connectivity index (χ0v) is 15.7. The lowest BCUT2D eigenvalue weighted by Gasteiger charge is -2.16. The number of benzene rings is 3. The molecule has 4 aromatic rings. The molecule has 29 heavy (non-hydrogen) atoms. The van der Waals surface area contributed by atoms with Gasteiger partial charge in [0.05, 0.1) is 12.1 Å². The van der Waals surface area contributed by atoms with Crippen molar-refractivity contribution in [1.29, 1.82) is 0 Å². The van der Waals surface area contributed by atoms with Crippen molar-refractivity contribution in [2.24, 2.45) is 0 Å². The summed E-state index contributed by atoms with van der Waals surface area (Å²) in [5.74, 6) is -1.12. The molecular weight excluding hydrogens is 364 g/mol. The van der Waals surface area contributed by atoms with Gasteiger partial charge in [-0.1, -0.05) is 66.7 Å². The second-order valence-electron chi connectivity index (χ2n) is 6.77. The molecule has 0 aliphatic rings. The average Bonchev–Trinajstić information content (AvgIpc) is 3.14. The summed E-state index contributed by atoms with van der Waals surface area (Å²) in [4.78, 5) is 24.2. The van der Waals surface area contributed by atoms with E-state index >= 15 is 0 Å². The van der Waals surface area contributed by atoms with Crippen molar-refractivity contribution in [3.05, 3.63) is 96.2 Å². The molecule has 0 radical (unpaired) electrons. The van der Waals surface area contributed by atoms with E-state index < -0.39 is 5.97 Å². The van der Waals surface area contributed by atoms with Crippen LogP contribution in [0.4, 0.5) is 0 Å². The van der Waals surface area contributed by atoms with Crippen LogP contribution in [0, 0.1) is 0 Å². The van der Waals surface area contributed by atoms with E-state index in [9.17, 15) is 9.59 Å². The Balaban J connectivity index is 1.73. The standard InChI is InChI=1S/C24H20N2O3/c27-23(28)16-14-19-13-15-22(18-8-2-1-3-9-18)26(19)25-24(29)21-12-6-10-17-7-4-5-11-20(17)21/h1-13,15H,14,16H2,(H,25,29)(H,27,28). The maximum atomic E-state index is 13.2. The van der Waals surface area contributed by atoms with Gasteiger partial charge in [-0.3, -0.25) is 19.7 Å². The lowest BCUT2D eigenvalue weighted by Crippen LogP contribution is -2.25. The summed E-state index contributed by atoms with van der Waals surface area (Å²) in [7, 11) is 0. The van der Waals surface area contributed by atoms with Crippen molar-refractivity contribution >= 4 is 22.6 Å². The smallest absolute Gasteiger partial charge is 0.303 e. The van der Waals surface area contributed by atoms with Crippen LogP contribution in [-0.2, 0) is 11.2 Å². The molecule has 0 spiro atoms. The fourth-order valence-electron chi connectivity index (χ4n) is 3.46. The third-order valence-electron chi connectivity index (χ3n) is 4.87. The van der Waals surface area contributed by atoms with E-state index in [1.807, 2.05) is 78.9 Å². The van der Waals surface area contributed by atoms with Crippen molar-refractivity contribution in [2.75, 3.05) is 5.43 Å². The second-order valence-corrected chi connectivity index (χ2v) is 6.77. The predicted molar refractivity (Wildman–Crippen MR) is 113 cm³/mol. The largest absolute Gasteiger partial charge is 0.481 e. The minimum Gasteiger partial charge on any atom is -0.481 e. The van der Waals surface area contributed by atoms with Crippen molar-refractivity contribution in [3.8, 4) is 11.3 Å². The first kappa shape index (κ1) is 18.5. The first-order valence-corrected chi connectivity index (χ1v) is 9.40. The van der Waals surface area contributed by atoms with Gasteiger partial charge in [0, 0.05) is 23.2 Å². The van der Waals surface area contributed by atoms with Crippen LogP contribution in [0.15, 0.2) is 84.9 Å². The summed E-state index contributed by atoms with van der Waals surface area (Å²) >= 11 is 0. The first-order chi connectivity index (χ1) is 14.1. The number of aromatic nitrogens is 1. The Morgan fingerprint density at radius 1 is 0.828 bits per heavy atom. The first-order valence-electron chi connectivity index (χ1n) is 9.40. The van der Waals surface area contributed by atoms with Gasteiger partial charge in [-0.25, -0.2) is 0 Å². The Morgan fingerprint density at radius 2 is 1.55 bits per heavy atom. The third kappa shape index (κ3) is 3.89. The zero-order chi connectivity index (χ0) is 20.2. The minimum atomic E-state index is -0.876. The van der Waals surface area contributed by atoms with E-state index in [4.69, 9.17) is 5.11 Å². The van der Waals surface area contributed by atoms with Gasteiger partial charge in [0.15, 0.2) is 0 Å². The highest BCUT2D eigenvalue weighted by molar-refractivity contribution is 6.10. The van der Waals surface area contributed by atoms with Gasteiger partial charge in [-0.15, -0.1) is 0 Å². The number of aliphatic carboxylic acids is 1. The molecule has 4 rings (SSSR count). The zero-order valence-electron chi connectivity index (χ0n) is 15.7. The molecule has 3 aromatic carbocycles. The van der Waals surface area contributed by atoms with E-state index in [0.29, 0.717) is 12.0 Å². The Morgan fingerprint density at radius 3 is 2.34 bits per heavy atom. The van der Waals surface area contributed by atoms with Gasteiger partial charge in [0.2, 0.25) is 0 Å². The topological polar surface area (TPSA) is 71.3 Å². The van der Waals surface area contributed by atoms with E-state index in [0.717, 1.165) is 27.7 Å². The number of hydrogen-bond acceptors (Lipinski definition) is 2. The van der Waals surface area contributed by atoms with Gasteiger partial charge >= 0.3 is 5.97 Å². The highest BCUT2D eigenvalue weighted by atomic mass is 16.4. The third-order valence-corrected chi connectivity index (χ3v) is 4.87. The lowest BCUT2D eigenvalue weighted by atomic mass is 10.0. The molecular formula is C24H20N2O3. The number of fused-ring (bicyclic) bond motifs is 1. The maximum Gasteiger partial charge on any atom is 0.303 e. The average molecular weight is 384 g/mol. The van der Waals surface area contributed by atoms with Crippen molar-refractivity contribution in [3.63, 3.8) is 0 Å². The van der Waals surface area contributed by atoms with E-state index in [1.165, 1.54) is 0 Å². The van der Waals surface area contributed by atoms with Crippen molar-refractivity contribution < 1.29 is 14.7 Å². The Hall–Kier alpha value is -3.86. The molecule has 0 fully saturated rings. The molecule has 0 atom stereocenters. The van der Waals surface area contributed by atoms with Crippen molar-refractivity contribution in [2.45, 2.75) is 12.8 Å². The van der Waals surface area contributed by atoms with Crippen LogP contribution in [0.5, 0.6) is 0 Å². The number of nitrogens with one attached hydrogen (secondary N) is 1. The van der Waals surface area contributed by atoms with E-state index in [-0.39, 0.29) is 12.3 Å². The molecule has 1 amide bonds. The molecule has 0 bridgehead atoms. The van der Waals surface area contributed by atoms with Crippen LogP contribution in [-0.4, -0.2) is 21.7 Å². The highest BCUT2D eigenvalue weighted by Crippen LogP contribution is 2.24. The van der Waals surface area contributed by atoms with Gasteiger partial charge < -0.3 is 5.11 Å². The number of amides is 1. The molecule has 1 heterocycles. The van der Waals surface area contributed by atoms with Crippen LogP contribution in [0.1, 0.15) is 22.5 Å². The minimum absolute atomic E-state index is 0.0115. The number of carbonyl (C=O) groups is 2. The van der Waals surface area contributed by atoms with Crippen LogP contribution in [0.25, 0.3) is 22.0 Å². The molecule has 0 aliphatic carbocycles. The number of hydrogen-bond donors (Lipinski definition) is 2. The molecule has 2 N–H and O–H groups in total. The molecule has 1 aromatic heterocycles. The number of nitrogens with zero attached hydrogens (tertiary/aromatic N) is 1. The fraction of sp³-hybridized carbons (Fsp3) is 0.0833. The van der Waals surface area contributed by atoms with E-state index in [2.05, 4.69) is 5.43 Å². The number of carboxylic acids is 1. The summed E-state index contributed by atoms with van der Waals surface area (Å²) in [6.45, 7) is 0. The lowest BCUT2D eigenvalue weighted by molar-refractivity contribution is -0.136. The van der Waals surface area contributed by atoms with Crippen LogP contribution < -0.4 is 5.43 Å². The monoisotopic (exact) mass is 384 g/mol. The molecule has 5 nitrogen and oxygen atoms in total. The van der Waals surface area contributed by atoms with Gasteiger partial charge in [0.25, 0.3) is 5.91 Å². The highest BCUT2D eigenvalue weighted by Gasteiger charge is 2.16. The molecule has 0 aliphatic heterocycles. The SMILES string of the molecule is O=C(O)CCc1ccc(-c2ccccc2)n1NC(=O)c1cccc2ccccc12. The van der Waals surface area contributed by atoms with Crippen LogP contribution in [0.3, 0.4) is 0 Å². The summed E-state index contributed by atoms with van der Waals surface area (Å²) in [6, 6.07) is 26.8. The number of carbonyl (C=O) groups excluding carboxylic acids is 1. The van der Waals surface area contributed by atoms with E-state index in [1.54, 1.807) is 10.7 Å². The predicted octanol–water partition coefficient (Wildman–Crippen LogP) is 4.71.